The van der Waals surface area contributed by atoms with E-state index in [9.17, 15) is 8.42 Å². The van der Waals surface area contributed by atoms with Crippen molar-refractivity contribution in [2.24, 2.45) is 0 Å². The minimum absolute atomic E-state index is 0.229. The molecule has 74 valence electrons. The second kappa shape index (κ2) is 4.23. The summed E-state index contributed by atoms with van der Waals surface area (Å²) in [5, 5.41) is 0. The molecule has 0 radical (unpaired) electrons. The van der Waals surface area contributed by atoms with E-state index in [1.165, 1.54) is 6.26 Å². The normalized spacial score (nSPS) is 13.3. The summed E-state index contributed by atoms with van der Waals surface area (Å²) in [6, 6.07) is 0. The van der Waals surface area contributed by atoms with Gasteiger partial charge in [0.25, 0.3) is 0 Å². The van der Waals surface area contributed by atoms with Crippen molar-refractivity contribution in [1.82, 2.24) is 4.72 Å². The topological polar surface area (TPSA) is 46.2 Å². The van der Waals surface area contributed by atoms with Crippen molar-refractivity contribution in [2.45, 2.75) is 45.6 Å². The summed E-state index contributed by atoms with van der Waals surface area (Å²) in [5.41, 5.74) is -0.229. The fourth-order valence-corrected chi connectivity index (χ4v) is 2.58. The Hall–Kier alpha value is -0.0900. The van der Waals surface area contributed by atoms with Crippen molar-refractivity contribution >= 4 is 10.0 Å². The van der Waals surface area contributed by atoms with Crippen molar-refractivity contribution in [1.29, 1.82) is 0 Å². The first-order chi connectivity index (χ1) is 5.39. The van der Waals surface area contributed by atoms with E-state index in [1.807, 2.05) is 20.8 Å². The van der Waals surface area contributed by atoms with Crippen molar-refractivity contribution in [3.8, 4) is 0 Å². The van der Waals surface area contributed by atoms with E-state index in [0.717, 1.165) is 19.3 Å². The van der Waals surface area contributed by atoms with Crippen LogP contribution in [0.5, 0.6) is 0 Å². The Labute approximate surface area is 75.6 Å². The summed E-state index contributed by atoms with van der Waals surface area (Å²) in [7, 11) is -3.07. The molecule has 0 rings (SSSR count). The Balaban J connectivity index is 4.52. The van der Waals surface area contributed by atoms with Gasteiger partial charge in [0.1, 0.15) is 0 Å². The summed E-state index contributed by atoms with van der Waals surface area (Å²) >= 11 is 0. The second-order valence-electron chi connectivity index (χ2n) is 3.22. The van der Waals surface area contributed by atoms with E-state index >= 15 is 0 Å². The number of nitrogens with one attached hydrogen (secondary N) is 1. The van der Waals surface area contributed by atoms with Crippen molar-refractivity contribution < 1.29 is 8.42 Å². The molecule has 0 saturated carbocycles. The summed E-state index contributed by atoms with van der Waals surface area (Å²) < 4.78 is 24.7. The molecular weight excluding hydrogens is 174 g/mol. The Bertz CT molecular complexity index is 209. The molecule has 0 aliphatic heterocycles. The molecule has 12 heavy (non-hydrogen) atoms. The predicted octanol–water partition coefficient (Wildman–Crippen LogP) is 1.50. The van der Waals surface area contributed by atoms with Crippen molar-refractivity contribution in [3.63, 3.8) is 0 Å². The van der Waals surface area contributed by atoms with Gasteiger partial charge in [-0.2, -0.15) is 0 Å². The first kappa shape index (κ1) is 11.9. The molecule has 0 aromatic carbocycles. The quantitative estimate of drug-likeness (QED) is 0.719. The molecule has 0 amide bonds. The van der Waals surface area contributed by atoms with Crippen LogP contribution in [0.15, 0.2) is 0 Å². The van der Waals surface area contributed by atoms with E-state index in [0.29, 0.717) is 0 Å². The van der Waals surface area contributed by atoms with E-state index in [1.54, 1.807) is 0 Å². The number of sulfonamides is 1. The van der Waals surface area contributed by atoms with E-state index < -0.39 is 10.0 Å². The maximum absolute atomic E-state index is 11.0. The highest BCUT2D eigenvalue weighted by atomic mass is 32.2. The molecule has 0 aliphatic carbocycles. The third-order valence-corrected chi connectivity index (χ3v) is 3.24. The Morgan fingerprint density at radius 1 is 1.08 bits per heavy atom. The first-order valence-corrected chi connectivity index (χ1v) is 6.27. The zero-order valence-corrected chi connectivity index (χ0v) is 9.16. The van der Waals surface area contributed by atoms with Gasteiger partial charge in [0, 0.05) is 5.54 Å². The second-order valence-corrected chi connectivity index (χ2v) is 4.96. The molecule has 0 aromatic rings. The van der Waals surface area contributed by atoms with Crippen LogP contribution >= 0.6 is 0 Å². The Kier molecular flexibility index (Phi) is 4.20. The van der Waals surface area contributed by atoms with E-state index in [2.05, 4.69) is 4.72 Å². The van der Waals surface area contributed by atoms with Crippen LogP contribution in [0.25, 0.3) is 0 Å². The van der Waals surface area contributed by atoms with Crippen LogP contribution in [0.1, 0.15) is 40.0 Å². The standard InChI is InChI=1S/C8H19NO2S/c1-5-8(6-2,7-3)9-12(4,10)11/h9H,5-7H2,1-4H3. The van der Waals surface area contributed by atoms with Crippen LogP contribution in [-0.2, 0) is 10.0 Å². The van der Waals surface area contributed by atoms with Gasteiger partial charge in [0.15, 0.2) is 0 Å². The SMILES string of the molecule is CCC(CC)(CC)NS(C)(=O)=O. The van der Waals surface area contributed by atoms with Crippen LogP contribution < -0.4 is 4.72 Å². The highest BCUT2D eigenvalue weighted by molar-refractivity contribution is 7.88. The first-order valence-electron chi connectivity index (χ1n) is 4.38. The van der Waals surface area contributed by atoms with Gasteiger partial charge in [-0.25, -0.2) is 13.1 Å². The van der Waals surface area contributed by atoms with Gasteiger partial charge in [-0.1, -0.05) is 20.8 Å². The highest BCUT2D eigenvalue weighted by Gasteiger charge is 2.26. The zero-order valence-electron chi connectivity index (χ0n) is 8.35. The number of hydrogen-bond acceptors (Lipinski definition) is 2. The highest BCUT2D eigenvalue weighted by Crippen LogP contribution is 2.19. The molecule has 4 heteroatoms. The third kappa shape index (κ3) is 3.54. The van der Waals surface area contributed by atoms with Crippen LogP contribution in [-0.4, -0.2) is 20.2 Å². The lowest BCUT2D eigenvalue weighted by atomic mass is 9.91. The zero-order chi connectivity index (χ0) is 9.83. The summed E-state index contributed by atoms with van der Waals surface area (Å²) in [6.07, 6.45) is 3.73. The molecule has 0 unspecified atom stereocenters. The van der Waals surface area contributed by atoms with Gasteiger partial charge >= 0.3 is 0 Å². The lowest BCUT2D eigenvalue weighted by Crippen LogP contribution is -2.46. The van der Waals surface area contributed by atoms with Gasteiger partial charge in [-0.05, 0) is 19.3 Å². The van der Waals surface area contributed by atoms with Crippen LogP contribution in [0.3, 0.4) is 0 Å². The summed E-state index contributed by atoms with van der Waals surface area (Å²) in [6.45, 7) is 6.02. The minimum Gasteiger partial charge on any atom is -0.213 e. The predicted molar refractivity (Wildman–Crippen MR) is 51.6 cm³/mol. The Morgan fingerprint density at radius 3 is 1.50 bits per heavy atom. The monoisotopic (exact) mass is 193 g/mol. The molecule has 0 bridgehead atoms. The van der Waals surface area contributed by atoms with Crippen molar-refractivity contribution in [2.75, 3.05) is 6.26 Å². The van der Waals surface area contributed by atoms with E-state index in [-0.39, 0.29) is 5.54 Å². The van der Waals surface area contributed by atoms with E-state index in [4.69, 9.17) is 0 Å². The maximum atomic E-state index is 11.0. The molecule has 0 aromatic heterocycles. The number of rotatable bonds is 5. The Morgan fingerprint density at radius 2 is 1.42 bits per heavy atom. The van der Waals surface area contributed by atoms with Gasteiger partial charge in [-0.3, -0.25) is 0 Å². The average molecular weight is 193 g/mol. The van der Waals surface area contributed by atoms with Crippen LogP contribution in [0, 0.1) is 0 Å². The molecule has 0 heterocycles. The van der Waals surface area contributed by atoms with Crippen LogP contribution in [0.2, 0.25) is 0 Å². The van der Waals surface area contributed by atoms with Gasteiger partial charge < -0.3 is 0 Å². The molecule has 0 aliphatic rings. The summed E-state index contributed by atoms with van der Waals surface area (Å²) in [5.74, 6) is 0. The number of hydrogen-bond donors (Lipinski definition) is 1. The average Bonchev–Trinajstić information content (AvgIpc) is 1.99. The van der Waals surface area contributed by atoms with Gasteiger partial charge in [0.05, 0.1) is 6.26 Å². The fourth-order valence-electron chi connectivity index (χ4n) is 1.36. The fraction of sp³-hybridized carbons (Fsp3) is 1.00. The molecule has 0 atom stereocenters. The minimum atomic E-state index is -3.07. The molecule has 0 saturated heterocycles. The molecular formula is C8H19NO2S. The molecule has 0 fully saturated rings. The van der Waals surface area contributed by atoms with Gasteiger partial charge in [0.2, 0.25) is 10.0 Å². The molecule has 0 spiro atoms. The summed E-state index contributed by atoms with van der Waals surface area (Å²) in [4.78, 5) is 0. The molecule has 3 nitrogen and oxygen atoms in total. The largest absolute Gasteiger partial charge is 0.213 e. The van der Waals surface area contributed by atoms with Crippen molar-refractivity contribution in [3.05, 3.63) is 0 Å². The smallest absolute Gasteiger partial charge is 0.209 e. The third-order valence-electron chi connectivity index (χ3n) is 2.43. The lowest BCUT2D eigenvalue weighted by Gasteiger charge is -2.30. The lowest BCUT2D eigenvalue weighted by molar-refractivity contribution is 0.342. The van der Waals surface area contributed by atoms with Gasteiger partial charge in [-0.15, -0.1) is 0 Å². The molecule has 1 N–H and O–H groups in total. The van der Waals surface area contributed by atoms with Crippen LogP contribution in [0.4, 0.5) is 0 Å². The maximum Gasteiger partial charge on any atom is 0.209 e.